The maximum Gasteiger partial charge on any atom is 0.224 e. The molecule has 0 unspecified atom stereocenters. The Kier molecular flexibility index (Phi) is 6.92. The predicted octanol–water partition coefficient (Wildman–Crippen LogP) is 4.73. The minimum Gasteiger partial charge on any atom is -0.349 e. The highest BCUT2D eigenvalue weighted by Gasteiger charge is 2.34. The molecule has 4 rings (SSSR count). The summed E-state index contributed by atoms with van der Waals surface area (Å²) in [6, 6.07) is 13.0. The third kappa shape index (κ3) is 5.25. The molecule has 2 aromatic carbocycles. The minimum atomic E-state index is -3.59. The van der Waals surface area contributed by atoms with Gasteiger partial charge in [0.2, 0.25) is 15.9 Å². The first-order chi connectivity index (χ1) is 14.8. The normalized spacial score (nSPS) is 22.0. The number of carbonyl (C=O) groups is 1. The first-order valence-corrected chi connectivity index (χ1v) is 13.0. The SMILES string of the molecule is O=C(N[C@H]1CCCc2ccccc21)[C@@H]1CCCN(S(=O)(=O)Cc2ccc(Cl)cc2Cl)C1. The fourth-order valence-electron chi connectivity index (χ4n) is 4.53. The molecule has 1 heterocycles. The number of sulfonamides is 1. The van der Waals surface area contributed by atoms with E-state index in [0.717, 1.165) is 19.3 Å². The second kappa shape index (κ2) is 9.49. The molecule has 1 aliphatic carbocycles. The molecule has 5 nitrogen and oxygen atoms in total. The average Bonchev–Trinajstić information content (AvgIpc) is 2.76. The molecule has 1 aliphatic heterocycles. The van der Waals surface area contributed by atoms with E-state index in [4.69, 9.17) is 23.2 Å². The van der Waals surface area contributed by atoms with Gasteiger partial charge in [0.15, 0.2) is 0 Å². The lowest BCUT2D eigenvalue weighted by atomic mass is 9.87. The number of aryl methyl sites for hydroxylation is 1. The number of nitrogens with one attached hydrogen (secondary N) is 1. The Labute approximate surface area is 193 Å². The summed E-state index contributed by atoms with van der Waals surface area (Å²) in [7, 11) is -3.59. The third-order valence-corrected chi connectivity index (χ3v) is 8.57. The number of fused-ring (bicyclic) bond motifs is 1. The van der Waals surface area contributed by atoms with Gasteiger partial charge in [0.1, 0.15) is 0 Å². The molecule has 8 heteroatoms. The van der Waals surface area contributed by atoms with Gasteiger partial charge in [-0.15, -0.1) is 0 Å². The number of hydrogen-bond acceptors (Lipinski definition) is 3. The van der Waals surface area contributed by atoms with Crippen molar-refractivity contribution in [1.82, 2.24) is 9.62 Å². The number of halogens is 2. The van der Waals surface area contributed by atoms with Crippen LogP contribution in [0.3, 0.4) is 0 Å². The van der Waals surface area contributed by atoms with Crippen molar-refractivity contribution in [1.29, 1.82) is 0 Å². The van der Waals surface area contributed by atoms with Crippen molar-refractivity contribution in [2.24, 2.45) is 5.92 Å². The molecule has 2 atom stereocenters. The molecule has 166 valence electrons. The molecular formula is C23H26Cl2N2O3S. The lowest BCUT2D eigenvalue weighted by Crippen LogP contribution is -2.46. The van der Waals surface area contributed by atoms with E-state index in [0.29, 0.717) is 35.0 Å². The lowest BCUT2D eigenvalue weighted by molar-refractivity contribution is -0.127. The monoisotopic (exact) mass is 480 g/mol. The van der Waals surface area contributed by atoms with Crippen LogP contribution in [0.1, 0.15) is 48.4 Å². The Morgan fingerprint density at radius 2 is 1.90 bits per heavy atom. The van der Waals surface area contributed by atoms with Crippen molar-refractivity contribution < 1.29 is 13.2 Å². The van der Waals surface area contributed by atoms with Gasteiger partial charge in [-0.25, -0.2) is 12.7 Å². The Morgan fingerprint density at radius 1 is 1.10 bits per heavy atom. The van der Waals surface area contributed by atoms with Gasteiger partial charge in [0.25, 0.3) is 0 Å². The molecule has 1 fully saturated rings. The van der Waals surface area contributed by atoms with Crippen LogP contribution in [0, 0.1) is 5.92 Å². The Bertz CT molecular complexity index is 1070. The largest absolute Gasteiger partial charge is 0.349 e. The van der Waals surface area contributed by atoms with Crippen LogP contribution < -0.4 is 5.32 Å². The smallest absolute Gasteiger partial charge is 0.224 e. The van der Waals surface area contributed by atoms with Crippen molar-refractivity contribution in [2.45, 2.75) is 43.9 Å². The maximum atomic E-state index is 13.0. The number of rotatable bonds is 5. The van der Waals surface area contributed by atoms with Crippen LogP contribution >= 0.6 is 23.2 Å². The lowest BCUT2D eigenvalue weighted by Gasteiger charge is -2.33. The van der Waals surface area contributed by atoms with Gasteiger partial charge in [-0.1, -0.05) is 53.5 Å². The summed E-state index contributed by atoms with van der Waals surface area (Å²) in [5.41, 5.74) is 2.97. The highest BCUT2D eigenvalue weighted by atomic mass is 35.5. The van der Waals surface area contributed by atoms with Gasteiger partial charge in [0, 0.05) is 23.1 Å². The van der Waals surface area contributed by atoms with Crippen molar-refractivity contribution in [3.05, 3.63) is 69.2 Å². The van der Waals surface area contributed by atoms with E-state index in [1.807, 2.05) is 12.1 Å². The van der Waals surface area contributed by atoms with Gasteiger partial charge in [0.05, 0.1) is 17.7 Å². The summed E-state index contributed by atoms with van der Waals surface area (Å²) in [5.74, 6) is -0.614. The van der Waals surface area contributed by atoms with Crippen LogP contribution in [0.25, 0.3) is 0 Å². The highest BCUT2D eigenvalue weighted by Crippen LogP contribution is 2.31. The molecule has 2 aliphatic rings. The van der Waals surface area contributed by atoms with Crippen molar-refractivity contribution in [2.75, 3.05) is 13.1 Å². The molecule has 1 amide bonds. The number of hydrogen-bond donors (Lipinski definition) is 1. The van der Waals surface area contributed by atoms with E-state index in [2.05, 4.69) is 17.4 Å². The van der Waals surface area contributed by atoms with Gasteiger partial charge < -0.3 is 5.32 Å². The second-order valence-electron chi connectivity index (χ2n) is 8.34. The molecule has 0 spiro atoms. The third-order valence-electron chi connectivity index (χ3n) is 6.19. The van der Waals surface area contributed by atoms with E-state index < -0.39 is 10.0 Å². The van der Waals surface area contributed by atoms with Gasteiger partial charge in [-0.2, -0.15) is 0 Å². The van der Waals surface area contributed by atoms with E-state index in [-0.39, 0.29) is 30.2 Å². The zero-order valence-electron chi connectivity index (χ0n) is 17.2. The number of amides is 1. The molecule has 0 bridgehead atoms. The molecule has 1 saturated heterocycles. The van der Waals surface area contributed by atoms with Gasteiger partial charge in [-0.3, -0.25) is 4.79 Å². The number of benzene rings is 2. The Morgan fingerprint density at radius 3 is 2.71 bits per heavy atom. The summed E-state index contributed by atoms with van der Waals surface area (Å²) in [5, 5.41) is 3.98. The number of piperidine rings is 1. The van der Waals surface area contributed by atoms with E-state index in [1.54, 1.807) is 18.2 Å². The molecule has 1 N–H and O–H groups in total. The van der Waals surface area contributed by atoms with E-state index >= 15 is 0 Å². The standard InChI is InChI=1S/C23H26Cl2N2O3S/c24-19-11-10-18(21(25)13-19)15-31(29,30)27-12-4-7-17(14-27)23(28)26-22-9-3-6-16-5-1-2-8-20(16)22/h1-2,5,8,10-11,13,17,22H,3-4,6-7,9,12,14-15H2,(H,26,28)/t17-,22+/m1/s1. The zero-order valence-corrected chi connectivity index (χ0v) is 19.5. The minimum absolute atomic E-state index is 0.00249. The molecule has 0 aromatic heterocycles. The van der Waals surface area contributed by atoms with E-state index in [1.165, 1.54) is 15.4 Å². The maximum absolute atomic E-state index is 13.0. The van der Waals surface area contributed by atoms with Crippen LogP contribution in [0.4, 0.5) is 0 Å². The van der Waals surface area contributed by atoms with Crippen LogP contribution in [0.2, 0.25) is 10.0 Å². The van der Waals surface area contributed by atoms with Crippen LogP contribution in [0.15, 0.2) is 42.5 Å². The van der Waals surface area contributed by atoms with Crippen LogP contribution in [-0.4, -0.2) is 31.7 Å². The molecular weight excluding hydrogens is 455 g/mol. The van der Waals surface area contributed by atoms with E-state index in [9.17, 15) is 13.2 Å². The van der Waals surface area contributed by atoms with Crippen molar-refractivity contribution >= 4 is 39.1 Å². The molecule has 0 saturated carbocycles. The first kappa shape index (κ1) is 22.6. The topological polar surface area (TPSA) is 66.5 Å². The fraction of sp³-hybridized carbons (Fsp3) is 0.435. The predicted molar refractivity (Wildman–Crippen MR) is 124 cm³/mol. The first-order valence-electron chi connectivity index (χ1n) is 10.6. The Balaban J connectivity index is 1.43. The Hall–Kier alpha value is -1.60. The fourth-order valence-corrected chi connectivity index (χ4v) is 6.73. The summed E-state index contributed by atoms with van der Waals surface area (Å²) < 4.78 is 27.5. The number of carbonyl (C=O) groups excluding carboxylic acids is 1. The quantitative estimate of drug-likeness (QED) is 0.672. The summed E-state index contributed by atoms with van der Waals surface area (Å²) in [6.07, 6.45) is 4.33. The molecule has 0 radical (unpaired) electrons. The molecule has 2 aromatic rings. The second-order valence-corrected chi connectivity index (χ2v) is 11.2. The summed E-state index contributed by atoms with van der Waals surface area (Å²) >= 11 is 12.1. The van der Waals surface area contributed by atoms with Crippen LogP contribution in [-0.2, 0) is 27.0 Å². The zero-order chi connectivity index (χ0) is 22.0. The van der Waals surface area contributed by atoms with Crippen molar-refractivity contribution in [3.63, 3.8) is 0 Å². The van der Waals surface area contributed by atoms with Crippen molar-refractivity contribution in [3.8, 4) is 0 Å². The average molecular weight is 481 g/mol. The molecule has 31 heavy (non-hydrogen) atoms. The summed E-state index contributed by atoms with van der Waals surface area (Å²) in [6.45, 7) is 0.622. The highest BCUT2D eigenvalue weighted by molar-refractivity contribution is 7.88. The van der Waals surface area contributed by atoms with Crippen LogP contribution in [0.5, 0.6) is 0 Å². The van der Waals surface area contributed by atoms with Gasteiger partial charge in [-0.05, 0) is 60.9 Å². The summed E-state index contributed by atoms with van der Waals surface area (Å²) in [4.78, 5) is 13.0. The van der Waals surface area contributed by atoms with Gasteiger partial charge >= 0.3 is 0 Å². The number of nitrogens with zero attached hydrogens (tertiary/aromatic N) is 1.